The molecule has 0 aromatic heterocycles. The number of rotatable bonds is 9. The summed E-state index contributed by atoms with van der Waals surface area (Å²) in [5.41, 5.74) is 4.67. The van der Waals surface area contributed by atoms with Crippen LogP contribution in [-0.4, -0.2) is 32.4 Å². The molecule has 142 valence electrons. The van der Waals surface area contributed by atoms with Crippen LogP contribution in [0.3, 0.4) is 0 Å². The number of nitrogens with two attached hydrogens (primary N) is 1. The van der Waals surface area contributed by atoms with Gasteiger partial charge in [0.15, 0.2) is 4.90 Å². The lowest BCUT2D eigenvalue weighted by Crippen LogP contribution is -2.38. The molecule has 0 aliphatic heterocycles. The average molecular weight is 391 g/mol. The first-order valence-corrected chi connectivity index (χ1v) is 9.09. The van der Waals surface area contributed by atoms with Gasteiger partial charge in [-0.1, -0.05) is 30.9 Å². The maximum atomic E-state index is 13.1. The van der Waals surface area contributed by atoms with Crippen LogP contribution in [0, 0.1) is 10.1 Å². The monoisotopic (exact) mass is 391 g/mol. The normalized spacial score (nSPS) is 10.8. The van der Waals surface area contributed by atoms with E-state index in [1.165, 1.54) is 36.4 Å². The zero-order valence-corrected chi connectivity index (χ0v) is 15.0. The number of carbonyl (C=O) groups is 1. The van der Waals surface area contributed by atoms with Crippen molar-refractivity contribution in [3.8, 4) is 5.75 Å². The number of nitro benzene ring substituents is 1. The van der Waals surface area contributed by atoms with E-state index in [2.05, 4.69) is 6.58 Å². The van der Waals surface area contributed by atoms with Crippen LogP contribution in [0.4, 0.5) is 11.4 Å². The molecule has 9 nitrogen and oxygen atoms in total. The van der Waals surface area contributed by atoms with Gasteiger partial charge in [-0.05, 0) is 18.2 Å². The molecule has 0 atom stereocenters. The molecule has 0 saturated heterocycles. The van der Waals surface area contributed by atoms with Crippen LogP contribution in [0.15, 0.2) is 66.1 Å². The van der Waals surface area contributed by atoms with Crippen LogP contribution < -0.4 is 14.8 Å². The Balaban J connectivity index is 2.58. The summed E-state index contributed by atoms with van der Waals surface area (Å²) >= 11 is 0. The zero-order valence-electron chi connectivity index (χ0n) is 14.1. The number of anilines is 1. The first-order valence-electron chi connectivity index (χ1n) is 7.65. The highest BCUT2D eigenvalue weighted by atomic mass is 32.2. The van der Waals surface area contributed by atoms with Gasteiger partial charge in [-0.2, -0.15) is 0 Å². The Morgan fingerprint density at radius 3 is 2.59 bits per heavy atom. The standard InChI is InChI=1S/C17H17N3O6S/c1-2-10-26-14-7-5-6-13(11-14)19(12-17(18)21)27(24,25)16-9-4-3-8-15(16)20(22)23/h2-9,11H,1,10,12H2,(H2,18,21). The van der Waals surface area contributed by atoms with Gasteiger partial charge in [0.25, 0.3) is 15.7 Å². The van der Waals surface area contributed by atoms with E-state index in [0.29, 0.717) is 10.1 Å². The number of sulfonamides is 1. The summed E-state index contributed by atoms with van der Waals surface area (Å²) in [5.74, 6) is -0.589. The Kier molecular flexibility index (Phi) is 6.14. The van der Waals surface area contributed by atoms with Gasteiger partial charge < -0.3 is 10.5 Å². The predicted molar refractivity (Wildman–Crippen MR) is 99.0 cm³/mol. The van der Waals surface area contributed by atoms with Gasteiger partial charge in [0.05, 0.1) is 10.6 Å². The molecule has 2 aromatic carbocycles. The minimum atomic E-state index is -4.45. The molecular formula is C17H17N3O6S. The molecule has 0 bridgehead atoms. The summed E-state index contributed by atoms with van der Waals surface area (Å²) in [5, 5.41) is 11.2. The number of amides is 1. The SMILES string of the molecule is C=CCOc1cccc(N(CC(N)=O)S(=O)(=O)c2ccccc2[N+](=O)[O-])c1. The first kappa shape index (κ1) is 19.9. The number of carbonyl (C=O) groups excluding carboxylic acids is 1. The lowest BCUT2D eigenvalue weighted by Gasteiger charge is -2.23. The fourth-order valence-electron chi connectivity index (χ4n) is 2.28. The maximum Gasteiger partial charge on any atom is 0.289 e. The largest absolute Gasteiger partial charge is 0.489 e. The summed E-state index contributed by atoms with van der Waals surface area (Å²) in [6, 6.07) is 10.8. The molecule has 2 rings (SSSR count). The molecule has 0 spiro atoms. The van der Waals surface area contributed by atoms with E-state index in [0.717, 1.165) is 12.1 Å². The molecule has 0 radical (unpaired) electrons. The van der Waals surface area contributed by atoms with E-state index >= 15 is 0 Å². The van der Waals surface area contributed by atoms with Crippen molar-refractivity contribution in [2.75, 3.05) is 17.5 Å². The number of hydrogen-bond donors (Lipinski definition) is 1. The summed E-state index contributed by atoms with van der Waals surface area (Å²) in [7, 11) is -4.45. The summed E-state index contributed by atoms with van der Waals surface area (Å²) in [6.07, 6.45) is 1.51. The van der Waals surface area contributed by atoms with E-state index in [1.54, 1.807) is 6.07 Å². The summed E-state index contributed by atoms with van der Waals surface area (Å²) < 4.78 is 32.2. The highest BCUT2D eigenvalue weighted by Gasteiger charge is 2.32. The molecule has 2 N–H and O–H groups in total. The lowest BCUT2D eigenvalue weighted by molar-refractivity contribution is -0.387. The van der Waals surface area contributed by atoms with Crippen molar-refractivity contribution in [2.45, 2.75) is 4.90 Å². The Labute approximate surface area is 155 Å². The summed E-state index contributed by atoms with van der Waals surface area (Å²) in [6.45, 7) is 3.02. The fourth-order valence-corrected chi connectivity index (χ4v) is 3.87. The van der Waals surface area contributed by atoms with Crippen LogP contribution in [0.1, 0.15) is 0 Å². The highest BCUT2D eigenvalue weighted by Crippen LogP contribution is 2.31. The highest BCUT2D eigenvalue weighted by molar-refractivity contribution is 7.93. The van der Waals surface area contributed by atoms with E-state index in [-0.39, 0.29) is 12.3 Å². The lowest BCUT2D eigenvalue weighted by atomic mass is 10.3. The Morgan fingerprint density at radius 2 is 1.96 bits per heavy atom. The van der Waals surface area contributed by atoms with Gasteiger partial charge in [-0.3, -0.25) is 19.2 Å². The molecule has 0 fully saturated rings. The predicted octanol–water partition coefficient (Wildman–Crippen LogP) is 1.84. The molecular weight excluding hydrogens is 374 g/mol. The van der Waals surface area contributed by atoms with Gasteiger partial charge in [0, 0.05) is 12.1 Å². The van der Waals surface area contributed by atoms with Gasteiger partial charge >= 0.3 is 0 Å². The number of primary amides is 1. The summed E-state index contributed by atoms with van der Waals surface area (Å²) in [4.78, 5) is 21.3. The molecule has 10 heteroatoms. The number of hydrogen-bond acceptors (Lipinski definition) is 6. The zero-order chi connectivity index (χ0) is 20.0. The van der Waals surface area contributed by atoms with Crippen molar-refractivity contribution in [3.63, 3.8) is 0 Å². The van der Waals surface area contributed by atoms with Crippen molar-refractivity contribution in [3.05, 3.63) is 71.3 Å². The molecule has 1 amide bonds. The third kappa shape index (κ3) is 4.61. The number of para-hydroxylation sites is 1. The van der Waals surface area contributed by atoms with Crippen LogP contribution in [0.5, 0.6) is 5.75 Å². The second-order valence-electron chi connectivity index (χ2n) is 5.30. The van der Waals surface area contributed by atoms with E-state index in [9.17, 15) is 23.3 Å². The topological polar surface area (TPSA) is 133 Å². The average Bonchev–Trinajstić information content (AvgIpc) is 2.64. The van der Waals surface area contributed by atoms with Gasteiger partial charge in [-0.25, -0.2) is 8.42 Å². The third-order valence-electron chi connectivity index (χ3n) is 3.40. The molecule has 0 heterocycles. The maximum absolute atomic E-state index is 13.1. The first-order chi connectivity index (χ1) is 12.8. The Hall–Kier alpha value is -3.40. The molecule has 27 heavy (non-hydrogen) atoms. The Bertz CT molecular complexity index is 974. The third-order valence-corrected chi connectivity index (χ3v) is 5.22. The fraction of sp³-hybridized carbons (Fsp3) is 0.118. The van der Waals surface area contributed by atoms with E-state index < -0.39 is 38.0 Å². The second kappa shape index (κ2) is 8.32. The van der Waals surface area contributed by atoms with Crippen LogP contribution in [-0.2, 0) is 14.8 Å². The number of nitrogens with zero attached hydrogens (tertiary/aromatic N) is 2. The molecule has 0 saturated carbocycles. The molecule has 0 aliphatic carbocycles. The van der Waals surface area contributed by atoms with E-state index in [1.807, 2.05) is 0 Å². The van der Waals surface area contributed by atoms with E-state index in [4.69, 9.17) is 10.5 Å². The van der Waals surface area contributed by atoms with Gasteiger partial charge in [-0.15, -0.1) is 0 Å². The van der Waals surface area contributed by atoms with Crippen LogP contribution >= 0.6 is 0 Å². The smallest absolute Gasteiger partial charge is 0.289 e. The van der Waals surface area contributed by atoms with Crippen LogP contribution in [0.25, 0.3) is 0 Å². The molecule has 0 aliphatic rings. The second-order valence-corrected chi connectivity index (χ2v) is 7.13. The van der Waals surface area contributed by atoms with Crippen molar-refractivity contribution >= 4 is 27.3 Å². The van der Waals surface area contributed by atoms with Crippen molar-refractivity contribution in [1.82, 2.24) is 0 Å². The minimum Gasteiger partial charge on any atom is -0.489 e. The van der Waals surface area contributed by atoms with Crippen molar-refractivity contribution in [2.24, 2.45) is 5.73 Å². The van der Waals surface area contributed by atoms with Crippen molar-refractivity contribution in [1.29, 1.82) is 0 Å². The number of ether oxygens (including phenoxy) is 1. The van der Waals surface area contributed by atoms with Gasteiger partial charge in [0.1, 0.15) is 18.9 Å². The number of benzene rings is 2. The Morgan fingerprint density at radius 1 is 1.26 bits per heavy atom. The van der Waals surface area contributed by atoms with Crippen molar-refractivity contribution < 1.29 is 22.9 Å². The minimum absolute atomic E-state index is 0.0773. The molecule has 0 unspecified atom stereocenters. The number of nitro groups is 1. The molecule has 2 aromatic rings. The van der Waals surface area contributed by atoms with Gasteiger partial charge in [0.2, 0.25) is 5.91 Å². The quantitative estimate of drug-likeness (QED) is 0.394. The van der Waals surface area contributed by atoms with Crippen LogP contribution in [0.2, 0.25) is 0 Å².